The van der Waals surface area contributed by atoms with Gasteiger partial charge < -0.3 is 18.9 Å². The van der Waals surface area contributed by atoms with Crippen molar-refractivity contribution in [1.29, 1.82) is 0 Å². The van der Waals surface area contributed by atoms with Gasteiger partial charge in [-0.05, 0) is 0 Å². The maximum absolute atomic E-state index is 10.4. The maximum atomic E-state index is 10.4. The molecule has 10 heteroatoms. The van der Waals surface area contributed by atoms with Gasteiger partial charge in [-0.2, -0.15) is 0 Å². The third-order valence-electron chi connectivity index (χ3n) is 1.76. The summed E-state index contributed by atoms with van der Waals surface area (Å²) in [5.41, 5.74) is 0. The molecule has 0 unspecified atom stereocenters. The average molecular weight is 313 g/mol. The Morgan fingerprint density at radius 3 is 1.24 bits per heavy atom. The molecule has 0 fully saturated rings. The molecule has 0 heterocycles. The van der Waals surface area contributed by atoms with Crippen LogP contribution in [0.15, 0.2) is 0 Å². The van der Waals surface area contributed by atoms with Crippen molar-refractivity contribution in [2.24, 2.45) is 0 Å². The molecule has 0 radical (unpaired) electrons. The predicted molar refractivity (Wildman–Crippen MR) is 71.4 cm³/mol. The van der Waals surface area contributed by atoms with Crippen LogP contribution in [0, 0.1) is 0 Å². The molecule has 0 aliphatic rings. The molecule has 0 aliphatic heterocycles. The molecule has 0 N–H and O–H groups in total. The zero-order valence-electron chi connectivity index (χ0n) is 13.7. The van der Waals surface area contributed by atoms with Gasteiger partial charge in [-0.3, -0.25) is 19.2 Å². The van der Waals surface area contributed by atoms with Crippen LogP contribution in [0.2, 0.25) is 0 Å². The van der Waals surface area contributed by atoms with Crippen molar-refractivity contribution in [3.8, 4) is 0 Å². The number of hydrogen-bond donors (Lipinski definition) is 0. The molecule has 0 bridgehead atoms. The fraction of sp³-hybridized carbons (Fsp3) is 0.636. The van der Waals surface area contributed by atoms with Crippen molar-refractivity contribution in [3.63, 3.8) is 0 Å². The standard InChI is InChI=1S/C6H10BO6.C5H11NO.Na/c1-4(8)11-7(12-5(2)9)13-6(3)10;1-4-5(7)6(2)3;/h7H,1-3H3;4H2,1-3H3;/q-1;;+1. The van der Waals surface area contributed by atoms with E-state index >= 15 is 0 Å². The number of carbonyl (C=O) groups is 4. The van der Waals surface area contributed by atoms with E-state index in [9.17, 15) is 19.2 Å². The van der Waals surface area contributed by atoms with Gasteiger partial charge in [-0.15, -0.1) is 0 Å². The zero-order chi connectivity index (χ0) is 16.3. The van der Waals surface area contributed by atoms with Gasteiger partial charge in [0.15, 0.2) is 0 Å². The summed E-state index contributed by atoms with van der Waals surface area (Å²) in [7, 11) is 1.10. The number of hydrogen-bond acceptors (Lipinski definition) is 7. The van der Waals surface area contributed by atoms with Crippen molar-refractivity contribution in [3.05, 3.63) is 0 Å². The SMILES string of the molecule is CC(=O)O[BH-](OC(C)=O)OC(C)=O.CCC(=O)N(C)C.[Na+]. The minimum absolute atomic E-state index is 0. The molecule has 0 saturated heterocycles. The zero-order valence-corrected chi connectivity index (χ0v) is 15.7. The van der Waals surface area contributed by atoms with Crippen molar-refractivity contribution in [2.45, 2.75) is 34.1 Å². The molecule has 0 saturated carbocycles. The monoisotopic (exact) mass is 313 g/mol. The van der Waals surface area contributed by atoms with Gasteiger partial charge in [-0.25, -0.2) is 0 Å². The summed E-state index contributed by atoms with van der Waals surface area (Å²) in [5.74, 6) is -1.85. The summed E-state index contributed by atoms with van der Waals surface area (Å²) < 4.78 is 13.3. The summed E-state index contributed by atoms with van der Waals surface area (Å²) >= 11 is 0. The molecular weight excluding hydrogens is 292 g/mol. The van der Waals surface area contributed by atoms with E-state index in [1.807, 2.05) is 6.92 Å². The van der Waals surface area contributed by atoms with E-state index in [2.05, 4.69) is 14.0 Å². The molecule has 0 spiro atoms. The van der Waals surface area contributed by atoms with E-state index in [1.54, 1.807) is 19.0 Å². The second-order valence-electron chi connectivity index (χ2n) is 3.90. The van der Waals surface area contributed by atoms with E-state index in [4.69, 9.17) is 0 Å². The van der Waals surface area contributed by atoms with Crippen molar-refractivity contribution < 1.29 is 62.7 Å². The Morgan fingerprint density at radius 2 is 1.14 bits per heavy atom. The average Bonchev–Trinajstić information content (AvgIpc) is 2.25. The molecule has 0 atom stereocenters. The van der Waals surface area contributed by atoms with Gasteiger partial charge in [0.1, 0.15) is 0 Å². The predicted octanol–water partition coefficient (Wildman–Crippen LogP) is -3.12. The van der Waals surface area contributed by atoms with Crippen LogP contribution in [-0.2, 0) is 33.1 Å². The van der Waals surface area contributed by atoms with Crippen LogP contribution in [0.4, 0.5) is 0 Å². The first-order chi connectivity index (χ1) is 9.09. The van der Waals surface area contributed by atoms with Crippen molar-refractivity contribution in [1.82, 2.24) is 4.90 Å². The minimum Gasteiger partial charge on any atom is -0.625 e. The van der Waals surface area contributed by atoms with Gasteiger partial charge in [-0.1, -0.05) is 6.92 Å². The molecule has 116 valence electrons. The van der Waals surface area contributed by atoms with Crippen LogP contribution in [-0.4, -0.2) is 50.1 Å². The molecule has 0 aromatic heterocycles. The van der Waals surface area contributed by atoms with Crippen LogP contribution in [0.1, 0.15) is 34.1 Å². The van der Waals surface area contributed by atoms with E-state index in [-0.39, 0.29) is 35.5 Å². The minimum atomic E-state index is -2.41. The van der Waals surface area contributed by atoms with Gasteiger partial charge in [0.2, 0.25) is 5.91 Å². The third kappa shape index (κ3) is 18.9. The van der Waals surface area contributed by atoms with Gasteiger partial charge in [0.05, 0.1) is 0 Å². The first-order valence-corrected chi connectivity index (χ1v) is 5.97. The third-order valence-corrected chi connectivity index (χ3v) is 1.76. The smallest absolute Gasteiger partial charge is 0.625 e. The Kier molecular flexibility index (Phi) is 16.5. The first-order valence-electron chi connectivity index (χ1n) is 5.97. The van der Waals surface area contributed by atoms with Crippen LogP contribution < -0.4 is 29.6 Å². The van der Waals surface area contributed by atoms with Gasteiger partial charge in [0, 0.05) is 41.3 Å². The first kappa shape index (κ1) is 24.9. The summed E-state index contributed by atoms with van der Waals surface area (Å²) in [6.45, 7) is 5.20. The van der Waals surface area contributed by atoms with Crippen molar-refractivity contribution >= 4 is 31.1 Å². The summed E-state index contributed by atoms with van der Waals surface area (Å²) in [5, 5.41) is 0. The Morgan fingerprint density at radius 1 is 0.857 bits per heavy atom. The van der Waals surface area contributed by atoms with Crippen molar-refractivity contribution in [2.75, 3.05) is 14.1 Å². The fourth-order valence-electron chi connectivity index (χ4n) is 0.903. The number of carbonyl (C=O) groups excluding carboxylic acids is 4. The number of nitrogens with zero attached hydrogens (tertiary/aromatic N) is 1. The molecule has 8 nitrogen and oxygen atoms in total. The molecule has 1 amide bonds. The van der Waals surface area contributed by atoms with Crippen LogP contribution >= 0.6 is 0 Å². The molecule has 0 aromatic carbocycles. The van der Waals surface area contributed by atoms with Crippen LogP contribution in [0.3, 0.4) is 0 Å². The fourth-order valence-corrected chi connectivity index (χ4v) is 0.903. The van der Waals surface area contributed by atoms with Crippen LogP contribution in [0.5, 0.6) is 0 Å². The Bertz CT molecular complexity index is 324. The summed E-state index contributed by atoms with van der Waals surface area (Å²) in [4.78, 5) is 43.3. The topological polar surface area (TPSA) is 99.2 Å². The van der Waals surface area contributed by atoms with Crippen LogP contribution in [0.25, 0.3) is 0 Å². The molecule has 0 aliphatic carbocycles. The summed E-state index contributed by atoms with van der Waals surface area (Å²) in [6, 6.07) is 0. The maximum Gasteiger partial charge on any atom is 1.00 e. The van der Waals surface area contributed by atoms with E-state index in [0.29, 0.717) is 6.42 Å². The Balaban J connectivity index is -0.000000347. The number of amides is 1. The van der Waals surface area contributed by atoms with E-state index < -0.39 is 25.2 Å². The quantitative estimate of drug-likeness (QED) is 0.506. The summed E-state index contributed by atoms with van der Waals surface area (Å²) in [6.07, 6.45) is 0.604. The largest absolute Gasteiger partial charge is 1.00 e. The normalized spacial score (nSPS) is 8.52. The van der Waals surface area contributed by atoms with Gasteiger partial charge >= 0.3 is 36.9 Å². The Hall–Kier alpha value is -1.06. The molecular formula is C11H21BNNaO7. The van der Waals surface area contributed by atoms with Gasteiger partial charge in [0.25, 0.3) is 17.9 Å². The Labute approximate surface area is 146 Å². The van der Waals surface area contributed by atoms with E-state index in [1.165, 1.54) is 0 Å². The van der Waals surface area contributed by atoms with E-state index in [0.717, 1.165) is 20.8 Å². The molecule has 0 aromatic rings. The molecule has 0 rings (SSSR count). The second kappa shape index (κ2) is 13.9. The second-order valence-corrected chi connectivity index (χ2v) is 3.90. The molecule has 21 heavy (non-hydrogen) atoms. The number of rotatable bonds is 4.